The molecule has 1 aromatic heterocycles. The van der Waals surface area contributed by atoms with E-state index in [0.717, 1.165) is 5.03 Å². The van der Waals surface area contributed by atoms with Crippen molar-refractivity contribution in [1.82, 2.24) is 4.98 Å². The fourth-order valence-corrected chi connectivity index (χ4v) is 1.68. The largest absolute Gasteiger partial charge is 0.395 e. The van der Waals surface area contributed by atoms with Crippen LogP contribution in [-0.4, -0.2) is 21.9 Å². The van der Waals surface area contributed by atoms with E-state index in [0.29, 0.717) is 0 Å². The van der Waals surface area contributed by atoms with E-state index in [4.69, 9.17) is 5.11 Å². The summed E-state index contributed by atoms with van der Waals surface area (Å²) in [7, 11) is 0. The fourth-order valence-electron chi connectivity index (χ4n) is 0.816. The zero-order chi connectivity index (χ0) is 8.97. The van der Waals surface area contributed by atoms with Gasteiger partial charge in [0.25, 0.3) is 0 Å². The van der Waals surface area contributed by atoms with Gasteiger partial charge in [-0.25, -0.2) is 4.98 Å². The van der Waals surface area contributed by atoms with Gasteiger partial charge in [0.1, 0.15) is 0 Å². The smallest absolute Gasteiger partial charge is 0.0965 e. The molecule has 3 heteroatoms. The Morgan fingerprint density at radius 2 is 2.42 bits per heavy atom. The number of aliphatic hydroxyl groups excluding tert-OH is 1. The van der Waals surface area contributed by atoms with Crippen LogP contribution in [0.3, 0.4) is 0 Å². The summed E-state index contributed by atoms with van der Waals surface area (Å²) in [5.74, 6) is 0. The van der Waals surface area contributed by atoms with Crippen molar-refractivity contribution in [2.24, 2.45) is 0 Å². The van der Waals surface area contributed by atoms with Gasteiger partial charge in [-0.05, 0) is 24.6 Å². The van der Waals surface area contributed by atoms with Crippen LogP contribution >= 0.6 is 11.8 Å². The van der Waals surface area contributed by atoms with Crippen molar-refractivity contribution < 1.29 is 5.11 Å². The highest BCUT2D eigenvalue weighted by molar-refractivity contribution is 7.99. The maximum atomic E-state index is 8.82. The molecule has 0 aliphatic rings. The molecular formula is C9H13NOS. The monoisotopic (exact) mass is 183 g/mol. The van der Waals surface area contributed by atoms with E-state index < -0.39 is 0 Å². The minimum Gasteiger partial charge on any atom is -0.395 e. The topological polar surface area (TPSA) is 33.1 Å². The number of aliphatic hydroxyl groups is 1. The van der Waals surface area contributed by atoms with Gasteiger partial charge in [0.2, 0.25) is 0 Å². The highest BCUT2D eigenvalue weighted by atomic mass is 32.2. The summed E-state index contributed by atoms with van der Waals surface area (Å²) in [6, 6.07) is 3.99. The summed E-state index contributed by atoms with van der Waals surface area (Å²) < 4.78 is 0. The van der Waals surface area contributed by atoms with E-state index >= 15 is 0 Å². The van der Waals surface area contributed by atoms with Gasteiger partial charge in [-0.15, -0.1) is 11.8 Å². The third-order valence-corrected chi connectivity index (χ3v) is 2.49. The van der Waals surface area contributed by atoms with Gasteiger partial charge in [-0.3, -0.25) is 0 Å². The Balaban J connectivity index is 2.63. The number of aromatic nitrogens is 1. The Morgan fingerprint density at radius 1 is 1.67 bits per heavy atom. The van der Waals surface area contributed by atoms with Gasteiger partial charge < -0.3 is 5.11 Å². The van der Waals surface area contributed by atoms with Crippen molar-refractivity contribution in [3.05, 3.63) is 23.9 Å². The predicted octanol–water partition coefficient (Wildman–Crippen LogP) is 1.86. The number of hydrogen-bond acceptors (Lipinski definition) is 3. The average molecular weight is 183 g/mol. The van der Waals surface area contributed by atoms with Crippen LogP contribution in [0.15, 0.2) is 23.4 Å². The van der Waals surface area contributed by atoms with Crippen LogP contribution in [0.25, 0.3) is 0 Å². The third kappa shape index (κ3) is 2.83. The van der Waals surface area contributed by atoms with Crippen LogP contribution in [0.5, 0.6) is 0 Å². The lowest BCUT2D eigenvalue weighted by Gasteiger charge is -2.06. The summed E-state index contributed by atoms with van der Waals surface area (Å²) in [5, 5.41) is 10.0. The van der Waals surface area contributed by atoms with Gasteiger partial charge in [0.05, 0.1) is 11.6 Å². The molecule has 0 aliphatic carbocycles. The van der Waals surface area contributed by atoms with Gasteiger partial charge in [0.15, 0.2) is 0 Å². The number of rotatable bonds is 3. The summed E-state index contributed by atoms with van der Waals surface area (Å²) in [6.45, 7) is 4.21. The molecule has 1 N–H and O–H groups in total. The molecule has 0 aromatic carbocycles. The lowest BCUT2D eigenvalue weighted by Crippen LogP contribution is -2.01. The van der Waals surface area contributed by atoms with Gasteiger partial charge >= 0.3 is 0 Å². The van der Waals surface area contributed by atoms with E-state index in [1.165, 1.54) is 5.56 Å². The summed E-state index contributed by atoms with van der Waals surface area (Å²) in [6.07, 6.45) is 1.79. The molecule has 1 atom stereocenters. The molecule has 0 spiro atoms. The molecule has 0 aliphatic heterocycles. The predicted molar refractivity (Wildman–Crippen MR) is 51.4 cm³/mol. The molecule has 1 heterocycles. The van der Waals surface area contributed by atoms with Crippen molar-refractivity contribution >= 4 is 11.8 Å². The summed E-state index contributed by atoms with van der Waals surface area (Å²) in [4.78, 5) is 4.18. The van der Waals surface area contributed by atoms with Crippen LogP contribution in [0.2, 0.25) is 0 Å². The van der Waals surface area contributed by atoms with E-state index in [9.17, 15) is 0 Å². The molecule has 0 bridgehead atoms. The second kappa shape index (κ2) is 4.48. The van der Waals surface area contributed by atoms with Gasteiger partial charge in [-0.2, -0.15) is 0 Å². The number of aryl methyl sites for hydroxylation is 1. The van der Waals surface area contributed by atoms with Crippen LogP contribution in [0, 0.1) is 6.92 Å². The van der Waals surface area contributed by atoms with Crippen molar-refractivity contribution in [2.45, 2.75) is 24.1 Å². The maximum absolute atomic E-state index is 8.82. The van der Waals surface area contributed by atoms with Crippen molar-refractivity contribution in [2.75, 3.05) is 6.61 Å². The number of nitrogens with zero attached hydrogens (tertiary/aromatic N) is 1. The van der Waals surface area contributed by atoms with Crippen LogP contribution < -0.4 is 0 Å². The van der Waals surface area contributed by atoms with Crippen LogP contribution in [0.1, 0.15) is 12.5 Å². The number of hydrogen-bond donors (Lipinski definition) is 1. The normalized spacial score (nSPS) is 12.9. The Labute approximate surface area is 77.0 Å². The molecule has 12 heavy (non-hydrogen) atoms. The molecule has 0 saturated carbocycles. The number of pyridine rings is 1. The lowest BCUT2D eigenvalue weighted by atomic mass is 10.3. The summed E-state index contributed by atoms with van der Waals surface area (Å²) >= 11 is 1.60. The highest BCUT2D eigenvalue weighted by Gasteiger charge is 2.02. The molecule has 1 rings (SSSR count). The minimum absolute atomic E-state index is 0.195. The van der Waals surface area contributed by atoms with Gasteiger partial charge in [0, 0.05) is 11.4 Å². The average Bonchev–Trinajstić information content (AvgIpc) is 2.04. The van der Waals surface area contributed by atoms with Crippen molar-refractivity contribution in [1.29, 1.82) is 0 Å². The molecule has 66 valence electrons. The summed E-state index contributed by atoms with van der Waals surface area (Å²) in [5.41, 5.74) is 1.21. The fraction of sp³-hybridized carbons (Fsp3) is 0.444. The first kappa shape index (κ1) is 9.55. The first-order valence-electron chi connectivity index (χ1n) is 3.92. The second-order valence-electron chi connectivity index (χ2n) is 2.78. The zero-order valence-corrected chi connectivity index (χ0v) is 8.14. The number of thioether (sulfide) groups is 1. The Hall–Kier alpha value is -0.540. The molecule has 1 aromatic rings. The maximum Gasteiger partial charge on any atom is 0.0965 e. The molecular weight excluding hydrogens is 170 g/mol. The third-order valence-electron chi connectivity index (χ3n) is 1.47. The van der Waals surface area contributed by atoms with E-state index in [1.54, 1.807) is 18.0 Å². The van der Waals surface area contributed by atoms with E-state index in [2.05, 4.69) is 4.98 Å². The Morgan fingerprint density at radius 3 is 3.00 bits per heavy atom. The quantitative estimate of drug-likeness (QED) is 0.726. The van der Waals surface area contributed by atoms with Gasteiger partial charge in [-0.1, -0.05) is 6.92 Å². The first-order chi connectivity index (χ1) is 5.72. The van der Waals surface area contributed by atoms with Crippen molar-refractivity contribution in [3.8, 4) is 0 Å². The van der Waals surface area contributed by atoms with Crippen molar-refractivity contribution in [3.63, 3.8) is 0 Å². The van der Waals surface area contributed by atoms with Crippen LogP contribution in [0.4, 0.5) is 0 Å². The lowest BCUT2D eigenvalue weighted by molar-refractivity contribution is 0.300. The Bertz CT molecular complexity index is 252. The molecule has 2 nitrogen and oxygen atoms in total. The Kier molecular flexibility index (Phi) is 3.56. The molecule has 1 unspecified atom stereocenters. The molecule has 0 amide bonds. The van der Waals surface area contributed by atoms with E-state index in [1.807, 2.05) is 26.0 Å². The molecule has 0 radical (unpaired) electrons. The first-order valence-corrected chi connectivity index (χ1v) is 4.80. The minimum atomic E-state index is 0.195. The second-order valence-corrected chi connectivity index (χ2v) is 4.24. The van der Waals surface area contributed by atoms with E-state index in [-0.39, 0.29) is 11.9 Å². The zero-order valence-electron chi connectivity index (χ0n) is 7.32. The SMILES string of the molecule is Cc1ccnc(SC(C)CO)c1. The standard InChI is InChI=1S/C9H13NOS/c1-7-3-4-10-9(5-7)12-8(2)6-11/h3-5,8,11H,6H2,1-2H3. The highest BCUT2D eigenvalue weighted by Crippen LogP contribution is 2.20. The molecule has 0 saturated heterocycles. The molecule has 0 fully saturated rings. The van der Waals surface area contributed by atoms with Crippen LogP contribution in [-0.2, 0) is 0 Å².